The van der Waals surface area contributed by atoms with Crippen molar-refractivity contribution in [3.05, 3.63) is 45.4 Å². The molecule has 2 aliphatic carbocycles. The van der Waals surface area contributed by atoms with E-state index in [1.54, 1.807) is 8.94 Å². The molecule has 0 N–H and O–H groups in total. The van der Waals surface area contributed by atoms with Gasteiger partial charge in [0.2, 0.25) is 0 Å². The summed E-state index contributed by atoms with van der Waals surface area (Å²) >= 11 is 1.18. The molecule has 0 saturated carbocycles. The van der Waals surface area contributed by atoms with Crippen molar-refractivity contribution in [2.45, 2.75) is 12.8 Å². The number of hydrogen-bond acceptors (Lipinski definition) is 0. The van der Waals surface area contributed by atoms with Gasteiger partial charge in [0.25, 0.3) is 0 Å². The van der Waals surface area contributed by atoms with Gasteiger partial charge in [-0.15, -0.1) is 0 Å². The quantitative estimate of drug-likeness (QED) is 0.525. The summed E-state index contributed by atoms with van der Waals surface area (Å²) in [5.74, 6) is 0. The second-order valence-corrected chi connectivity index (χ2v) is 4.74. The van der Waals surface area contributed by atoms with Gasteiger partial charge in [0.1, 0.15) is 0 Å². The summed E-state index contributed by atoms with van der Waals surface area (Å²) in [6.45, 7) is 0. The van der Waals surface area contributed by atoms with E-state index < -0.39 is 7.25 Å². The van der Waals surface area contributed by atoms with Gasteiger partial charge < -0.3 is 17.3 Å². The zero-order chi connectivity index (χ0) is 12.0. The first-order chi connectivity index (χ1) is 7.45. The normalized spacial score (nSPS) is 18.0. The third-order valence-electron chi connectivity index (χ3n) is 1.66. The van der Waals surface area contributed by atoms with Gasteiger partial charge in [-0.2, -0.15) is 0 Å². The summed E-state index contributed by atoms with van der Waals surface area (Å²) in [4.78, 5) is 0. The number of halogens is 4. The van der Waals surface area contributed by atoms with Crippen molar-refractivity contribution in [1.82, 2.24) is 0 Å². The minimum atomic E-state index is -6.00. The van der Waals surface area contributed by atoms with Crippen molar-refractivity contribution in [2.24, 2.45) is 0 Å². The average Bonchev–Trinajstić information content (AvgIpc) is 2.74. The maximum Gasteiger partial charge on any atom is 0.673 e. The molecule has 2 rings (SSSR count). The molecule has 0 radical (unpaired) electrons. The van der Waals surface area contributed by atoms with Crippen LogP contribution in [0, 0.1) is 0 Å². The van der Waals surface area contributed by atoms with Crippen molar-refractivity contribution >= 4 is 7.25 Å². The Labute approximate surface area is 98.1 Å². The van der Waals surface area contributed by atoms with Crippen molar-refractivity contribution < 1.29 is 32.2 Å². The Morgan fingerprint density at radius 2 is 1.25 bits per heavy atom. The van der Waals surface area contributed by atoms with E-state index in [4.69, 9.17) is 0 Å². The van der Waals surface area contributed by atoms with Crippen LogP contribution in [-0.4, -0.2) is 7.25 Å². The first kappa shape index (κ1) is 13.3. The molecule has 0 amide bonds. The van der Waals surface area contributed by atoms with Gasteiger partial charge in [0.15, 0.2) is 0 Å². The second kappa shape index (κ2) is 6.11. The molecular formula is C10H10BF4Fe. The van der Waals surface area contributed by atoms with Crippen LogP contribution in [0.5, 0.6) is 0 Å². The Morgan fingerprint density at radius 3 is 1.50 bits per heavy atom. The summed E-state index contributed by atoms with van der Waals surface area (Å²) in [7, 11) is -6.00. The van der Waals surface area contributed by atoms with E-state index in [1.807, 2.05) is 0 Å². The third kappa shape index (κ3) is 6.69. The molecule has 0 aliphatic heterocycles. The van der Waals surface area contributed by atoms with Crippen molar-refractivity contribution in [3.8, 4) is 0 Å². The van der Waals surface area contributed by atoms with Gasteiger partial charge in [0.05, 0.1) is 0 Å². The van der Waals surface area contributed by atoms with Gasteiger partial charge in [-0.1, -0.05) is 0 Å². The fraction of sp³-hybridized carbons (Fsp3) is 0.200. The molecule has 0 fully saturated rings. The van der Waals surface area contributed by atoms with Gasteiger partial charge in [-0.3, -0.25) is 0 Å². The smallest absolute Gasteiger partial charge is 0.418 e. The summed E-state index contributed by atoms with van der Waals surface area (Å²) in [5.41, 5.74) is 0. The maximum absolute atomic E-state index is 9.75. The van der Waals surface area contributed by atoms with Crippen molar-refractivity contribution in [2.75, 3.05) is 0 Å². The molecule has 0 nitrogen and oxygen atoms in total. The van der Waals surface area contributed by atoms with Crippen LogP contribution in [0.3, 0.4) is 0 Å². The van der Waals surface area contributed by atoms with E-state index in [9.17, 15) is 17.3 Å². The predicted octanol–water partition coefficient (Wildman–Crippen LogP) is 4.06. The van der Waals surface area contributed by atoms with E-state index in [-0.39, 0.29) is 0 Å². The number of rotatable bonds is 2. The van der Waals surface area contributed by atoms with Gasteiger partial charge in [-0.05, 0) is 0 Å². The van der Waals surface area contributed by atoms with Crippen LogP contribution in [0.4, 0.5) is 17.3 Å². The van der Waals surface area contributed by atoms with Crippen LogP contribution < -0.4 is 0 Å². The first-order valence-corrected chi connectivity index (χ1v) is 5.76. The molecule has 0 saturated heterocycles. The minimum Gasteiger partial charge on any atom is -0.418 e. The zero-order valence-electron chi connectivity index (χ0n) is 8.32. The van der Waals surface area contributed by atoms with E-state index in [0.29, 0.717) is 0 Å². The molecular weight excluding hydrogens is 263 g/mol. The summed E-state index contributed by atoms with van der Waals surface area (Å²) < 4.78 is 42.1. The Kier molecular flexibility index (Phi) is 5.09. The van der Waals surface area contributed by atoms with Crippen LogP contribution >= 0.6 is 0 Å². The van der Waals surface area contributed by atoms with Gasteiger partial charge in [0, 0.05) is 0 Å². The molecule has 0 atom stereocenters. The van der Waals surface area contributed by atoms with Gasteiger partial charge >= 0.3 is 80.5 Å². The van der Waals surface area contributed by atoms with Crippen LogP contribution in [-0.2, 0) is 15.0 Å². The molecule has 0 aromatic carbocycles. The molecule has 0 aromatic rings. The molecule has 0 aromatic heterocycles. The van der Waals surface area contributed by atoms with Crippen LogP contribution in [0.2, 0.25) is 0 Å². The standard InChI is InChI=1S/2C5H5.BF4.Fe/c2*1-2-4-5-3-1;2-1(3,4)5;/h2*1-3H,4H2;;/q;;-1;+1. The minimum absolute atomic E-state index is 1.16. The zero-order valence-corrected chi connectivity index (χ0v) is 9.43. The molecule has 2 aliphatic rings. The molecule has 6 heteroatoms. The Hall–Kier alpha value is -0.736. The van der Waals surface area contributed by atoms with E-state index in [2.05, 4.69) is 36.5 Å². The topological polar surface area (TPSA) is 0 Å². The maximum atomic E-state index is 9.75. The monoisotopic (exact) mass is 273 g/mol. The Balaban J connectivity index is 0.000000221. The summed E-state index contributed by atoms with van der Waals surface area (Å²) in [6, 6.07) is 0. The van der Waals surface area contributed by atoms with E-state index >= 15 is 0 Å². The Morgan fingerprint density at radius 1 is 0.875 bits per heavy atom. The third-order valence-corrected chi connectivity index (χ3v) is 3.19. The fourth-order valence-electron chi connectivity index (χ4n) is 1.11. The van der Waals surface area contributed by atoms with Crippen molar-refractivity contribution in [1.29, 1.82) is 0 Å². The van der Waals surface area contributed by atoms with Crippen LogP contribution in [0.1, 0.15) is 12.8 Å². The molecule has 89 valence electrons. The molecule has 0 bridgehead atoms. The Bertz CT molecular complexity index is 318. The van der Waals surface area contributed by atoms with E-state index in [0.717, 1.165) is 12.8 Å². The summed E-state index contributed by atoms with van der Waals surface area (Å²) in [5, 5.41) is 0. The molecule has 0 unspecified atom stereocenters. The number of hydrogen-bond donors (Lipinski definition) is 0. The van der Waals surface area contributed by atoms with Crippen LogP contribution in [0.25, 0.3) is 0 Å². The molecule has 0 heterocycles. The van der Waals surface area contributed by atoms with Crippen molar-refractivity contribution in [3.63, 3.8) is 0 Å². The summed E-state index contributed by atoms with van der Waals surface area (Å²) in [6.07, 6.45) is 15.5. The first-order valence-electron chi connectivity index (χ1n) is 4.66. The fourth-order valence-corrected chi connectivity index (χ4v) is 2.45. The van der Waals surface area contributed by atoms with E-state index in [1.165, 1.54) is 15.0 Å². The van der Waals surface area contributed by atoms with Crippen LogP contribution in [0.15, 0.2) is 45.4 Å². The number of allylic oxidation sites excluding steroid dienone is 8. The molecule has 16 heavy (non-hydrogen) atoms. The largest absolute Gasteiger partial charge is 0.673 e. The predicted molar refractivity (Wildman–Crippen MR) is 53.9 cm³/mol. The molecule has 0 spiro atoms. The SMILES string of the molecule is C1=CC[C]([Fe+][C]2=CC=CC2)=C1.F[B-](F)(F)F. The average molecular weight is 273 g/mol. The second-order valence-electron chi connectivity index (χ2n) is 3.04. The van der Waals surface area contributed by atoms with Gasteiger partial charge in [-0.25, -0.2) is 0 Å².